The number of methoxy groups -OCH3 is 1. The van der Waals surface area contributed by atoms with Crippen LogP contribution in [0.3, 0.4) is 0 Å². The molecule has 0 aliphatic carbocycles. The fourth-order valence-corrected chi connectivity index (χ4v) is 3.94. The molecule has 136 valence electrons. The summed E-state index contributed by atoms with van der Waals surface area (Å²) in [7, 11) is -2.12. The summed E-state index contributed by atoms with van der Waals surface area (Å²) in [6.45, 7) is 8.20. The topological polar surface area (TPSA) is 81.4 Å². The van der Waals surface area contributed by atoms with Gasteiger partial charge in [0.25, 0.3) is 10.0 Å². The lowest BCUT2D eigenvalue weighted by Crippen LogP contribution is -2.15. The van der Waals surface area contributed by atoms with Crippen LogP contribution < -0.4 is 15.2 Å². The van der Waals surface area contributed by atoms with Crippen molar-refractivity contribution >= 4 is 21.4 Å². The largest absolute Gasteiger partial charge is 0.496 e. The highest BCUT2D eigenvalue weighted by molar-refractivity contribution is 7.92. The maximum Gasteiger partial charge on any atom is 0.263 e. The standard InChI is InChI=1S/C19H26N2O3S/c1-12(2)15-10-14(11-16(13(3)4)19(15)24-5)21-25(22,23)18-9-7-6-8-17(18)20/h6-13,21H,20H2,1-5H3. The van der Waals surface area contributed by atoms with Crippen molar-refractivity contribution in [3.8, 4) is 5.75 Å². The van der Waals surface area contributed by atoms with E-state index >= 15 is 0 Å². The van der Waals surface area contributed by atoms with E-state index < -0.39 is 10.0 Å². The number of nitrogens with one attached hydrogen (secondary N) is 1. The average Bonchev–Trinajstić information content (AvgIpc) is 2.53. The zero-order valence-electron chi connectivity index (χ0n) is 15.3. The van der Waals surface area contributed by atoms with Gasteiger partial charge in [-0.15, -0.1) is 0 Å². The monoisotopic (exact) mass is 362 g/mol. The molecule has 6 heteroatoms. The van der Waals surface area contributed by atoms with Gasteiger partial charge < -0.3 is 10.5 Å². The Morgan fingerprint density at radius 2 is 1.52 bits per heavy atom. The predicted molar refractivity (Wildman–Crippen MR) is 103 cm³/mol. The molecule has 2 aromatic carbocycles. The van der Waals surface area contributed by atoms with Crippen LogP contribution in [0.2, 0.25) is 0 Å². The van der Waals surface area contributed by atoms with E-state index in [-0.39, 0.29) is 22.4 Å². The molecular weight excluding hydrogens is 336 g/mol. The highest BCUT2D eigenvalue weighted by atomic mass is 32.2. The predicted octanol–water partition coefficient (Wildman–Crippen LogP) is 4.33. The normalized spacial score (nSPS) is 11.8. The minimum atomic E-state index is -3.76. The van der Waals surface area contributed by atoms with E-state index in [0.717, 1.165) is 16.9 Å². The molecule has 0 aromatic heterocycles. The fraction of sp³-hybridized carbons (Fsp3) is 0.368. The van der Waals surface area contributed by atoms with E-state index in [1.165, 1.54) is 6.07 Å². The van der Waals surface area contributed by atoms with Gasteiger partial charge in [0.15, 0.2) is 0 Å². The molecule has 0 heterocycles. The SMILES string of the molecule is COc1c(C(C)C)cc(NS(=O)(=O)c2ccccc2N)cc1C(C)C. The van der Waals surface area contributed by atoms with Crippen LogP contribution >= 0.6 is 0 Å². The summed E-state index contributed by atoms with van der Waals surface area (Å²) in [6, 6.07) is 10.1. The molecule has 2 rings (SSSR count). The van der Waals surface area contributed by atoms with E-state index in [2.05, 4.69) is 32.4 Å². The fourth-order valence-electron chi connectivity index (χ4n) is 2.76. The molecule has 0 saturated carbocycles. The van der Waals surface area contributed by atoms with Gasteiger partial charge in [-0.2, -0.15) is 0 Å². The Morgan fingerprint density at radius 1 is 1.00 bits per heavy atom. The number of para-hydroxylation sites is 1. The number of benzene rings is 2. The molecule has 0 bridgehead atoms. The number of sulfonamides is 1. The highest BCUT2D eigenvalue weighted by Crippen LogP contribution is 2.37. The van der Waals surface area contributed by atoms with Crippen molar-refractivity contribution in [1.82, 2.24) is 0 Å². The Morgan fingerprint density at radius 3 is 1.96 bits per heavy atom. The summed E-state index contributed by atoms with van der Waals surface area (Å²) in [6.07, 6.45) is 0. The van der Waals surface area contributed by atoms with Crippen LogP contribution in [-0.2, 0) is 10.0 Å². The first-order valence-electron chi connectivity index (χ1n) is 8.26. The quantitative estimate of drug-likeness (QED) is 0.750. The van der Waals surface area contributed by atoms with Gasteiger partial charge in [0, 0.05) is 5.69 Å². The summed E-state index contributed by atoms with van der Waals surface area (Å²) in [5, 5.41) is 0. The van der Waals surface area contributed by atoms with Crippen molar-refractivity contribution in [3.63, 3.8) is 0 Å². The van der Waals surface area contributed by atoms with Gasteiger partial charge in [-0.1, -0.05) is 39.8 Å². The Kier molecular flexibility index (Phi) is 5.62. The van der Waals surface area contributed by atoms with E-state index in [4.69, 9.17) is 10.5 Å². The molecule has 0 aliphatic heterocycles. The number of nitrogens with two attached hydrogens (primary N) is 1. The summed E-state index contributed by atoms with van der Waals surface area (Å²) >= 11 is 0. The second-order valence-corrected chi connectivity index (χ2v) is 8.29. The van der Waals surface area contributed by atoms with Crippen molar-refractivity contribution in [2.45, 2.75) is 44.4 Å². The van der Waals surface area contributed by atoms with Gasteiger partial charge in [0.05, 0.1) is 12.8 Å². The maximum absolute atomic E-state index is 12.7. The molecule has 0 amide bonds. The van der Waals surface area contributed by atoms with Crippen LogP contribution in [-0.4, -0.2) is 15.5 Å². The summed E-state index contributed by atoms with van der Waals surface area (Å²) < 4.78 is 33.7. The van der Waals surface area contributed by atoms with Gasteiger partial charge in [-0.3, -0.25) is 4.72 Å². The lowest BCUT2D eigenvalue weighted by molar-refractivity contribution is 0.400. The second kappa shape index (κ2) is 7.35. The number of rotatable bonds is 6. The van der Waals surface area contributed by atoms with Crippen molar-refractivity contribution in [2.75, 3.05) is 17.6 Å². The molecule has 0 radical (unpaired) electrons. The van der Waals surface area contributed by atoms with Crippen LogP contribution in [0.4, 0.5) is 11.4 Å². The first kappa shape index (κ1) is 19.1. The minimum Gasteiger partial charge on any atom is -0.496 e. The zero-order chi connectivity index (χ0) is 18.8. The smallest absolute Gasteiger partial charge is 0.263 e. The Labute approximate surface area is 150 Å². The first-order valence-corrected chi connectivity index (χ1v) is 9.74. The van der Waals surface area contributed by atoms with Crippen LogP contribution in [0.15, 0.2) is 41.3 Å². The number of hydrogen-bond donors (Lipinski definition) is 2. The Balaban J connectivity index is 2.55. The summed E-state index contributed by atoms with van der Waals surface area (Å²) in [5.41, 5.74) is 8.48. The number of anilines is 2. The van der Waals surface area contributed by atoms with Crippen molar-refractivity contribution in [1.29, 1.82) is 0 Å². The molecule has 0 atom stereocenters. The average molecular weight is 362 g/mol. The Hall–Kier alpha value is -2.21. The second-order valence-electron chi connectivity index (χ2n) is 6.64. The van der Waals surface area contributed by atoms with Crippen molar-refractivity contribution in [2.24, 2.45) is 0 Å². The maximum atomic E-state index is 12.7. The van der Waals surface area contributed by atoms with E-state index in [0.29, 0.717) is 5.69 Å². The molecule has 2 aromatic rings. The van der Waals surface area contributed by atoms with Crippen molar-refractivity contribution < 1.29 is 13.2 Å². The summed E-state index contributed by atoms with van der Waals surface area (Å²) in [5.74, 6) is 1.20. The molecule has 0 saturated heterocycles. The molecule has 0 unspecified atom stereocenters. The van der Waals surface area contributed by atoms with Crippen LogP contribution in [0, 0.1) is 0 Å². The van der Waals surface area contributed by atoms with Crippen LogP contribution in [0.25, 0.3) is 0 Å². The van der Waals surface area contributed by atoms with Crippen LogP contribution in [0.5, 0.6) is 5.75 Å². The van der Waals surface area contributed by atoms with Gasteiger partial charge >= 0.3 is 0 Å². The van der Waals surface area contributed by atoms with E-state index in [1.54, 1.807) is 25.3 Å². The zero-order valence-corrected chi connectivity index (χ0v) is 16.1. The minimum absolute atomic E-state index is 0.0722. The molecule has 25 heavy (non-hydrogen) atoms. The number of hydrogen-bond acceptors (Lipinski definition) is 4. The lowest BCUT2D eigenvalue weighted by atomic mass is 9.93. The lowest BCUT2D eigenvalue weighted by Gasteiger charge is -2.21. The first-order chi connectivity index (χ1) is 11.7. The van der Waals surface area contributed by atoms with Gasteiger partial charge in [-0.25, -0.2) is 8.42 Å². The van der Waals surface area contributed by atoms with E-state index in [9.17, 15) is 8.42 Å². The van der Waals surface area contributed by atoms with Gasteiger partial charge in [0.2, 0.25) is 0 Å². The highest BCUT2D eigenvalue weighted by Gasteiger charge is 2.21. The Bertz CT molecular complexity index is 830. The van der Waals surface area contributed by atoms with Gasteiger partial charge in [-0.05, 0) is 47.2 Å². The van der Waals surface area contributed by atoms with Gasteiger partial charge in [0.1, 0.15) is 10.6 Å². The number of ether oxygens (including phenoxy) is 1. The molecular formula is C19H26N2O3S. The third-order valence-corrected chi connectivity index (χ3v) is 5.51. The third-order valence-electron chi connectivity index (χ3n) is 4.06. The molecule has 0 aliphatic rings. The molecule has 0 fully saturated rings. The third kappa shape index (κ3) is 4.07. The molecule has 0 spiro atoms. The van der Waals surface area contributed by atoms with Crippen LogP contribution in [0.1, 0.15) is 50.7 Å². The molecule has 3 N–H and O–H groups in total. The number of nitrogen functional groups attached to an aromatic ring is 1. The molecule has 5 nitrogen and oxygen atoms in total. The van der Waals surface area contributed by atoms with E-state index in [1.807, 2.05) is 12.1 Å². The summed E-state index contributed by atoms with van der Waals surface area (Å²) in [4.78, 5) is 0.0722. The van der Waals surface area contributed by atoms with Crippen molar-refractivity contribution in [3.05, 3.63) is 47.5 Å².